The van der Waals surface area contributed by atoms with E-state index in [1.807, 2.05) is 34.9 Å². The first-order valence-electron chi connectivity index (χ1n) is 12.7. The van der Waals surface area contributed by atoms with Gasteiger partial charge in [-0.25, -0.2) is 13.4 Å². The number of hydrogen-bond acceptors (Lipinski definition) is 7. The van der Waals surface area contributed by atoms with Gasteiger partial charge in [0.25, 0.3) is 0 Å². The number of ether oxygens (including phenoxy) is 2. The third kappa shape index (κ3) is 6.68. The minimum Gasteiger partial charge on any atom is -0.457 e. The van der Waals surface area contributed by atoms with Crippen LogP contribution in [0.1, 0.15) is 12.5 Å². The van der Waals surface area contributed by atoms with Gasteiger partial charge < -0.3 is 14.6 Å². The van der Waals surface area contributed by atoms with Crippen molar-refractivity contribution in [2.75, 3.05) is 19.0 Å². The second kappa shape index (κ2) is 11.8. The highest BCUT2D eigenvalue weighted by molar-refractivity contribution is 7.91. The number of aromatic nitrogens is 3. The maximum absolute atomic E-state index is 12.2. The molecule has 2 aromatic carbocycles. The van der Waals surface area contributed by atoms with Crippen LogP contribution < -0.4 is 4.74 Å². The summed E-state index contributed by atoms with van der Waals surface area (Å²) < 4.78 is 38.6. The van der Waals surface area contributed by atoms with Crippen LogP contribution in [-0.4, -0.2) is 55.1 Å². The summed E-state index contributed by atoms with van der Waals surface area (Å²) in [5, 5.41) is 9.76. The molecule has 0 aliphatic rings. The minimum atomic E-state index is -3.30. The zero-order chi connectivity index (χ0) is 27.3. The second-order valence-electron chi connectivity index (χ2n) is 10.3. The molecule has 0 amide bonds. The number of nitrogens with zero attached hydrogens (tertiary/aromatic N) is 3. The van der Waals surface area contributed by atoms with Gasteiger partial charge in [-0.05, 0) is 60.5 Å². The van der Waals surface area contributed by atoms with Gasteiger partial charge in [-0.2, -0.15) is 0 Å². The summed E-state index contributed by atoms with van der Waals surface area (Å²) in [7, 11) is -4.53. The Bertz CT molecular complexity index is 1480. The first-order valence-corrected chi connectivity index (χ1v) is 18.1. The van der Waals surface area contributed by atoms with E-state index in [9.17, 15) is 13.5 Å². The van der Waals surface area contributed by atoms with Crippen LogP contribution in [0.2, 0.25) is 25.7 Å². The lowest BCUT2D eigenvalue weighted by Crippen LogP contribution is -2.22. The first kappa shape index (κ1) is 28.0. The molecule has 8 nitrogen and oxygen atoms in total. The molecule has 0 fully saturated rings. The van der Waals surface area contributed by atoms with Crippen LogP contribution in [0, 0.1) is 0 Å². The summed E-state index contributed by atoms with van der Waals surface area (Å²) in [5.41, 5.74) is 3.11. The quantitative estimate of drug-likeness (QED) is 0.182. The average molecular weight is 554 g/mol. The number of pyridine rings is 1. The fourth-order valence-electron chi connectivity index (χ4n) is 3.97. The number of sulfone groups is 1. The number of rotatable bonds is 12. The zero-order valence-electron chi connectivity index (χ0n) is 22.3. The largest absolute Gasteiger partial charge is 0.457 e. The standard InChI is InChI=1S/C28H35N3O5SSi/c1-5-37(33,34)23-11-9-22(10-12-23)36-27-19-25-26(18-21(27)13-15-32)31(20-35-16-17-38(2,3)4)28(30-25)24-8-6-7-14-29-24/h6-12,14,18-19,32H,5,13,15-17,20H2,1-4H3. The van der Waals surface area contributed by atoms with Crippen molar-refractivity contribution in [1.82, 2.24) is 14.5 Å². The summed E-state index contributed by atoms with van der Waals surface area (Å²) in [6.45, 7) is 9.53. The first-order chi connectivity index (χ1) is 18.1. The van der Waals surface area contributed by atoms with E-state index in [1.165, 1.54) is 0 Å². The van der Waals surface area contributed by atoms with Gasteiger partial charge in [0, 0.05) is 33.6 Å². The molecule has 0 aliphatic carbocycles. The second-order valence-corrected chi connectivity index (χ2v) is 18.2. The molecule has 1 N–H and O–H groups in total. The van der Waals surface area contributed by atoms with E-state index in [0.29, 0.717) is 42.6 Å². The summed E-state index contributed by atoms with van der Waals surface area (Å²) in [6.07, 6.45) is 2.12. The van der Waals surface area contributed by atoms with E-state index in [0.717, 1.165) is 22.8 Å². The predicted molar refractivity (Wildman–Crippen MR) is 152 cm³/mol. The number of fused-ring (bicyclic) bond motifs is 1. The highest BCUT2D eigenvalue weighted by atomic mass is 32.2. The number of hydrogen-bond donors (Lipinski definition) is 1. The Morgan fingerprint density at radius 2 is 1.82 bits per heavy atom. The minimum absolute atomic E-state index is 0.0354. The van der Waals surface area contributed by atoms with Crippen LogP contribution in [0.25, 0.3) is 22.6 Å². The fraction of sp³-hybridized carbons (Fsp3) is 0.357. The molecular formula is C28H35N3O5SSi. The molecule has 0 bridgehead atoms. The van der Waals surface area contributed by atoms with Crippen molar-refractivity contribution < 1.29 is 23.0 Å². The fourth-order valence-corrected chi connectivity index (χ4v) is 5.61. The van der Waals surface area contributed by atoms with Gasteiger partial charge in [0.15, 0.2) is 15.7 Å². The normalized spacial score (nSPS) is 12.2. The van der Waals surface area contributed by atoms with Gasteiger partial charge in [0.2, 0.25) is 0 Å². The van der Waals surface area contributed by atoms with Crippen LogP contribution in [0.4, 0.5) is 0 Å². The van der Waals surface area contributed by atoms with Gasteiger partial charge in [0.1, 0.15) is 23.9 Å². The Kier molecular flexibility index (Phi) is 8.66. The van der Waals surface area contributed by atoms with Gasteiger partial charge >= 0.3 is 0 Å². The van der Waals surface area contributed by atoms with Crippen molar-refractivity contribution in [2.24, 2.45) is 0 Å². The van der Waals surface area contributed by atoms with Crippen LogP contribution in [-0.2, 0) is 27.7 Å². The zero-order valence-corrected chi connectivity index (χ0v) is 24.2. The van der Waals surface area contributed by atoms with Crippen molar-refractivity contribution >= 4 is 28.9 Å². The Balaban J connectivity index is 1.72. The average Bonchev–Trinajstić information content (AvgIpc) is 3.24. The Morgan fingerprint density at radius 1 is 1.05 bits per heavy atom. The maximum Gasteiger partial charge on any atom is 0.178 e. The highest BCUT2D eigenvalue weighted by Gasteiger charge is 2.19. The molecule has 0 spiro atoms. The van der Waals surface area contributed by atoms with Crippen LogP contribution >= 0.6 is 0 Å². The van der Waals surface area contributed by atoms with Crippen LogP contribution in [0.5, 0.6) is 11.5 Å². The SMILES string of the molecule is CCS(=O)(=O)c1ccc(Oc2cc3nc(-c4ccccn4)n(COCC[Si](C)(C)C)c3cc2CCO)cc1. The van der Waals surface area contributed by atoms with E-state index >= 15 is 0 Å². The molecule has 202 valence electrons. The van der Waals surface area contributed by atoms with Crippen molar-refractivity contribution in [2.45, 2.75) is 50.7 Å². The summed E-state index contributed by atoms with van der Waals surface area (Å²) >= 11 is 0. The van der Waals surface area contributed by atoms with E-state index in [2.05, 4.69) is 24.6 Å². The highest BCUT2D eigenvalue weighted by Crippen LogP contribution is 2.33. The lowest BCUT2D eigenvalue weighted by atomic mass is 10.1. The molecule has 0 unspecified atom stereocenters. The monoisotopic (exact) mass is 553 g/mol. The summed E-state index contributed by atoms with van der Waals surface area (Å²) in [6, 6.07) is 17.0. The molecule has 0 radical (unpaired) electrons. The predicted octanol–water partition coefficient (Wildman–Crippen LogP) is 5.53. The molecule has 0 saturated heterocycles. The number of benzene rings is 2. The van der Waals surface area contributed by atoms with Crippen LogP contribution in [0.15, 0.2) is 65.7 Å². The van der Waals surface area contributed by atoms with Gasteiger partial charge in [-0.3, -0.25) is 9.55 Å². The third-order valence-corrected chi connectivity index (χ3v) is 9.67. The van der Waals surface area contributed by atoms with Gasteiger partial charge in [-0.15, -0.1) is 0 Å². The smallest absolute Gasteiger partial charge is 0.178 e. The molecule has 4 aromatic rings. The molecule has 0 atom stereocenters. The molecule has 0 aliphatic heterocycles. The summed E-state index contributed by atoms with van der Waals surface area (Å²) in [5.74, 6) is 1.77. The number of aliphatic hydroxyl groups excluding tert-OH is 1. The Morgan fingerprint density at radius 3 is 2.45 bits per heavy atom. The molecule has 0 saturated carbocycles. The Labute approximate surface area is 225 Å². The van der Waals surface area contributed by atoms with Crippen molar-refractivity contribution in [1.29, 1.82) is 0 Å². The third-order valence-electron chi connectivity index (χ3n) is 6.21. The number of aliphatic hydroxyl groups is 1. The van der Waals surface area contributed by atoms with Gasteiger partial charge in [0.05, 0.1) is 21.7 Å². The molecular weight excluding hydrogens is 518 g/mol. The van der Waals surface area contributed by atoms with Gasteiger partial charge in [-0.1, -0.05) is 32.6 Å². The molecule has 10 heteroatoms. The van der Waals surface area contributed by atoms with Crippen molar-refractivity contribution in [3.05, 3.63) is 66.4 Å². The molecule has 4 rings (SSSR count). The molecule has 38 heavy (non-hydrogen) atoms. The van der Waals surface area contributed by atoms with E-state index in [1.54, 1.807) is 37.4 Å². The Hall–Kier alpha value is -3.05. The summed E-state index contributed by atoms with van der Waals surface area (Å²) in [4.78, 5) is 9.64. The maximum atomic E-state index is 12.2. The van der Waals surface area contributed by atoms with E-state index in [-0.39, 0.29) is 17.3 Å². The lowest BCUT2D eigenvalue weighted by molar-refractivity contribution is 0.0909. The topological polar surface area (TPSA) is 104 Å². The molecule has 2 heterocycles. The van der Waals surface area contributed by atoms with E-state index in [4.69, 9.17) is 14.5 Å². The molecule has 2 aromatic heterocycles. The van der Waals surface area contributed by atoms with Crippen molar-refractivity contribution in [3.8, 4) is 23.0 Å². The van der Waals surface area contributed by atoms with Crippen molar-refractivity contribution in [3.63, 3.8) is 0 Å². The number of imidazole rings is 1. The van der Waals surface area contributed by atoms with E-state index < -0.39 is 17.9 Å². The lowest BCUT2D eigenvalue weighted by Gasteiger charge is -2.16. The van der Waals surface area contributed by atoms with Crippen LogP contribution in [0.3, 0.4) is 0 Å².